The lowest BCUT2D eigenvalue weighted by molar-refractivity contribution is -0.132. The maximum absolute atomic E-state index is 12.3. The number of likely N-dealkylation sites (tertiary alicyclic amines) is 1. The molecule has 0 spiro atoms. The molecular weight excluding hydrogens is 278 g/mol. The van der Waals surface area contributed by atoms with Gasteiger partial charge in [-0.15, -0.1) is 0 Å². The van der Waals surface area contributed by atoms with Crippen LogP contribution in [0.5, 0.6) is 0 Å². The molecule has 3 heterocycles. The van der Waals surface area contributed by atoms with E-state index in [2.05, 4.69) is 14.8 Å². The molecule has 6 nitrogen and oxygen atoms in total. The van der Waals surface area contributed by atoms with Crippen LogP contribution in [-0.2, 0) is 4.79 Å². The van der Waals surface area contributed by atoms with Crippen LogP contribution < -0.4 is 4.90 Å². The van der Waals surface area contributed by atoms with Crippen molar-refractivity contribution in [1.29, 1.82) is 5.26 Å². The van der Waals surface area contributed by atoms with Crippen molar-refractivity contribution >= 4 is 11.6 Å². The van der Waals surface area contributed by atoms with E-state index in [0.29, 0.717) is 12.2 Å². The van der Waals surface area contributed by atoms with E-state index in [0.717, 1.165) is 45.0 Å². The third-order valence-electron chi connectivity index (χ3n) is 4.42. The number of amides is 1. The largest absolute Gasteiger partial charge is 0.367 e. The Morgan fingerprint density at radius 2 is 1.86 bits per heavy atom. The van der Waals surface area contributed by atoms with Crippen molar-refractivity contribution in [2.24, 2.45) is 0 Å². The summed E-state index contributed by atoms with van der Waals surface area (Å²) in [6, 6.07) is 5.69. The minimum absolute atomic E-state index is 0.250. The van der Waals surface area contributed by atoms with Gasteiger partial charge in [-0.1, -0.05) is 0 Å². The molecule has 0 aliphatic carbocycles. The standard InChI is InChI=1S/C16H21N5O/c17-11-14-3-4-15(12-18-14)20-7-9-21(10-8-20)16(22)13-19-5-1-2-6-19/h3-4,12H,1-2,5-10,13H2. The second-order valence-electron chi connectivity index (χ2n) is 5.86. The van der Waals surface area contributed by atoms with Gasteiger partial charge in [0.2, 0.25) is 5.91 Å². The first-order valence-electron chi connectivity index (χ1n) is 7.87. The van der Waals surface area contributed by atoms with E-state index in [1.807, 2.05) is 17.0 Å². The number of hydrogen-bond donors (Lipinski definition) is 0. The van der Waals surface area contributed by atoms with Crippen molar-refractivity contribution in [3.8, 4) is 6.07 Å². The normalized spacial score (nSPS) is 19.2. The fraction of sp³-hybridized carbons (Fsp3) is 0.562. The first kappa shape index (κ1) is 14.8. The molecule has 6 heteroatoms. The van der Waals surface area contributed by atoms with Gasteiger partial charge in [-0.3, -0.25) is 9.69 Å². The zero-order chi connectivity index (χ0) is 15.4. The molecule has 1 aromatic heterocycles. The van der Waals surface area contributed by atoms with Gasteiger partial charge < -0.3 is 9.80 Å². The Hall–Kier alpha value is -2.13. The lowest BCUT2D eigenvalue weighted by atomic mass is 10.2. The van der Waals surface area contributed by atoms with Crippen LogP contribution in [0.2, 0.25) is 0 Å². The van der Waals surface area contributed by atoms with E-state index in [1.54, 1.807) is 12.3 Å². The number of rotatable bonds is 3. The van der Waals surface area contributed by atoms with Gasteiger partial charge in [-0.2, -0.15) is 5.26 Å². The average molecular weight is 299 g/mol. The molecule has 0 unspecified atom stereocenters. The summed E-state index contributed by atoms with van der Waals surface area (Å²) >= 11 is 0. The third-order valence-corrected chi connectivity index (χ3v) is 4.42. The molecular formula is C16H21N5O. The molecule has 3 rings (SSSR count). The van der Waals surface area contributed by atoms with E-state index < -0.39 is 0 Å². The SMILES string of the molecule is N#Cc1ccc(N2CCN(C(=O)CN3CCCC3)CC2)cn1. The molecule has 1 amide bonds. The predicted octanol–water partition coefficient (Wildman–Crippen LogP) is 0.698. The molecule has 0 N–H and O–H groups in total. The Morgan fingerprint density at radius 1 is 1.14 bits per heavy atom. The van der Waals surface area contributed by atoms with Crippen molar-refractivity contribution in [3.63, 3.8) is 0 Å². The number of piperazine rings is 1. The van der Waals surface area contributed by atoms with Crippen LogP contribution in [0.15, 0.2) is 18.3 Å². The summed E-state index contributed by atoms with van der Waals surface area (Å²) in [4.78, 5) is 22.8. The molecule has 2 aliphatic rings. The molecule has 2 saturated heterocycles. The zero-order valence-electron chi connectivity index (χ0n) is 12.7. The maximum Gasteiger partial charge on any atom is 0.236 e. The number of hydrogen-bond acceptors (Lipinski definition) is 5. The quantitative estimate of drug-likeness (QED) is 0.822. The smallest absolute Gasteiger partial charge is 0.236 e. The summed E-state index contributed by atoms with van der Waals surface area (Å²) in [5.74, 6) is 0.250. The van der Waals surface area contributed by atoms with Gasteiger partial charge >= 0.3 is 0 Å². The van der Waals surface area contributed by atoms with Crippen molar-refractivity contribution in [3.05, 3.63) is 24.0 Å². The van der Waals surface area contributed by atoms with E-state index in [9.17, 15) is 4.79 Å². The van der Waals surface area contributed by atoms with Gasteiger partial charge in [0.25, 0.3) is 0 Å². The molecule has 1 aromatic rings. The maximum atomic E-state index is 12.3. The highest BCUT2D eigenvalue weighted by atomic mass is 16.2. The first-order chi connectivity index (χ1) is 10.8. The molecule has 22 heavy (non-hydrogen) atoms. The van der Waals surface area contributed by atoms with Crippen LogP contribution in [-0.4, -0.2) is 66.5 Å². The summed E-state index contributed by atoms with van der Waals surface area (Å²) in [5, 5.41) is 8.78. The number of pyridine rings is 1. The summed E-state index contributed by atoms with van der Waals surface area (Å²) in [5.41, 5.74) is 1.45. The van der Waals surface area contributed by atoms with Crippen molar-refractivity contribution in [1.82, 2.24) is 14.8 Å². The number of anilines is 1. The van der Waals surface area contributed by atoms with E-state index in [4.69, 9.17) is 5.26 Å². The van der Waals surface area contributed by atoms with Crippen molar-refractivity contribution < 1.29 is 4.79 Å². The van der Waals surface area contributed by atoms with Crippen molar-refractivity contribution in [2.45, 2.75) is 12.8 Å². The summed E-state index contributed by atoms with van der Waals surface area (Å²) in [6.07, 6.45) is 4.17. The van der Waals surface area contributed by atoms with E-state index in [1.165, 1.54) is 12.8 Å². The number of carbonyl (C=O) groups is 1. The van der Waals surface area contributed by atoms with Crippen LogP contribution in [0.4, 0.5) is 5.69 Å². The summed E-state index contributed by atoms with van der Waals surface area (Å²) in [6.45, 7) is 5.83. The Labute approximate surface area is 130 Å². The molecule has 2 fully saturated rings. The van der Waals surface area contributed by atoms with Gasteiger partial charge in [-0.05, 0) is 38.1 Å². The van der Waals surface area contributed by atoms with Crippen LogP contribution >= 0.6 is 0 Å². The van der Waals surface area contributed by atoms with Gasteiger partial charge in [0.1, 0.15) is 11.8 Å². The topological polar surface area (TPSA) is 63.5 Å². The van der Waals surface area contributed by atoms with Gasteiger partial charge in [0, 0.05) is 26.2 Å². The summed E-state index contributed by atoms with van der Waals surface area (Å²) in [7, 11) is 0. The molecule has 2 aliphatic heterocycles. The fourth-order valence-corrected chi connectivity index (χ4v) is 3.09. The predicted molar refractivity (Wildman–Crippen MR) is 83.4 cm³/mol. The Morgan fingerprint density at radius 3 is 2.45 bits per heavy atom. The number of aromatic nitrogens is 1. The number of nitrogens with zero attached hydrogens (tertiary/aromatic N) is 5. The van der Waals surface area contributed by atoms with Gasteiger partial charge in [0.05, 0.1) is 18.4 Å². The molecule has 0 radical (unpaired) electrons. The summed E-state index contributed by atoms with van der Waals surface area (Å²) < 4.78 is 0. The Bertz CT molecular complexity index is 551. The second kappa shape index (κ2) is 6.75. The minimum atomic E-state index is 0.250. The molecule has 0 bridgehead atoms. The van der Waals surface area contributed by atoms with E-state index >= 15 is 0 Å². The van der Waals surface area contributed by atoms with E-state index in [-0.39, 0.29) is 5.91 Å². The van der Waals surface area contributed by atoms with Crippen LogP contribution in [0, 0.1) is 11.3 Å². The second-order valence-corrected chi connectivity index (χ2v) is 5.86. The van der Waals surface area contributed by atoms with Crippen LogP contribution in [0.3, 0.4) is 0 Å². The highest BCUT2D eigenvalue weighted by Crippen LogP contribution is 2.16. The minimum Gasteiger partial charge on any atom is -0.367 e. The lowest BCUT2D eigenvalue weighted by Gasteiger charge is -2.36. The first-order valence-corrected chi connectivity index (χ1v) is 7.87. The van der Waals surface area contributed by atoms with Crippen molar-refractivity contribution in [2.75, 3.05) is 50.7 Å². The van der Waals surface area contributed by atoms with Crippen LogP contribution in [0.1, 0.15) is 18.5 Å². The number of carbonyl (C=O) groups excluding carboxylic acids is 1. The lowest BCUT2D eigenvalue weighted by Crippen LogP contribution is -2.51. The average Bonchev–Trinajstić information content (AvgIpc) is 3.08. The molecule has 0 saturated carbocycles. The van der Waals surface area contributed by atoms with Gasteiger partial charge in [0.15, 0.2) is 0 Å². The Kier molecular flexibility index (Phi) is 4.54. The third kappa shape index (κ3) is 3.37. The zero-order valence-corrected chi connectivity index (χ0v) is 12.7. The van der Waals surface area contributed by atoms with Gasteiger partial charge in [-0.25, -0.2) is 4.98 Å². The molecule has 0 atom stereocenters. The van der Waals surface area contributed by atoms with Crippen LogP contribution in [0.25, 0.3) is 0 Å². The Balaban J connectivity index is 1.51. The molecule has 0 aromatic carbocycles. The highest BCUT2D eigenvalue weighted by Gasteiger charge is 2.24. The highest BCUT2D eigenvalue weighted by molar-refractivity contribution is 5.78. The molecule has 116 valence electrons. The number of nitriles is 1. The fourth-order valence-electron chi connectivity index (χ4n) is 3.09. The monoisotopic (exact) mass is 299 g/mol.